The van der Waals surface area contributed by atoms with Gasteiger partial charge >= 0.3 is 29.8 Å². The van der Waals surface area contributed by atoms with Crippen molar-refractivity contribution in [2.24, 2.45) is 11.8 Å². The Morgan fingerprint density at radius 3 is 1.82 bits per heavy atom. The minimum Gasteiger partial charge on any atom is -0.479 e. The van der Waals surface area contributed by atoms with Crippen molar-refractivity contribution < 1.29 is 62.4 Å². The summed E-state index contributed by atoms with van der Waals surface area (Å²) in [6.07, 6.45) is -1.67. The molecule has 0 saturated carbocycles. The third kappa shape index (κ3) is 16.4. The second kappa shape index (κ2) is 27.8. The SMILES string of the molecule is CCCC[C@H](NC)C(=O)O[C@H](Cc1ccccc1)C(=O)N(C)[C@H](C(=O)O[C@H](C)C(=O)N(C)[C@@H](CC(C)C)C(=O)O[C@H](Cc1ccccc1)C(=O)N1CCCC[C@H]1C(=O)O[C@H](C)C(=O)O)[C@@H](C)CC. The molecule has 2 aromatic carbocycles. The maximum atomic E-state index is 14.4. The molecular weight excluding hydrogens is 877 g/mol. The lowest BCUT2D eigenvalue weighted by Gasteiger charge is -2.37. The lowest BCUT2D eigenvalue weighted by atomic mass is 9.96. The van der Waals surface area contributed by atoms with Crippen molar-refractivity contribution in [3.8, 4) is 0 Å². The number of esters is 4. The average molecular weight is 951 g/mol. The molecule has 17 nitrogen and oxygen atoms in total. The Labute approximate surface area is 401 Å². The quantitative estimate of drug-likeness (QED) is 0.0922. The van der Waals surface area contributed by atoms with E-state index in [0.717, 1.165) is 23.3 Å². The van der Waals surface area contributed by atoms with Gasteiger partial charge in [0.2, 0.25) is 0 Å². The molecule has 2 N–H and O–H groups in total. The molecule has 3 amide bonds. The molecule has 0 unspecified atom stereocenters. The number of aliphatic carboxylic acids is 1. The number of carboxylic acid groups (broad SMARTS) is 1. The summed E-state index contributed by atoms with van der Waals surface area (Å²) in [6.45, 7) is 12.0. The predicted molar refractivity (Wildman–Crippen MR) is 253 cm³/mol. The summed E-state index contributed by atoms with van der Waals surface area (Å²) >= 11 is 0. The number of piperidine rings is 1. The van der Waals surface area contributed by atoms with Crippen LogP contribution in [0.25, 0.3) is 0 Å². The zero-order valence-electron chi connectivity index (χ0n) is 41.5. The first kappa shape index (κ1) is 56.5. The number of nitrogens with one attached hydrogen (secondary N) is 1. The van der Waals surface area contributed by atoms with Crippen molar-refractivity contribution in [2.45, 2.75) is 161 Å². The molecule has 1 aliphatic rings. The van der Waals surface area contributed by atoms with Gasteiger partial charge in [0.1, 0.15) is 24.2 Å². The molecule has 1 heterocycles. The molecule has 1 aliphatic heterocycles. The van der Waals surface area contributed by atoms with Gasteiger partial charge in [-0.05, 0) is 76.0 Å². The van der Waals surface area contributed by atoms with Crippen LogP contribution in [0.1, 0.15) is 111 Å². The number of likely N-dealkylation sites (N-methyl/N-ethyl adjacent to an activating group) is 3. The predicted octanol–water partition coefficient (Wildman–Crippen LogP) is 5.15. The van der Waals surface area contributed by atoms with Gasteiger partial charge in [-0.1, -0.05) is 115 Å². The molecule has 0 aromatic heterocycles. The fraction of sp³-hybridized carbons (Fsp3) is 0.608. The largest absolute Gasteiger partial charge is 0.479 e. The number of hydrogen-bond acceptors (Lipinski definition) is 13. The first-order valence-electron chi connectivity index (χ1n) is 23.9. The summed E-state index contributed by atoms with van der Waals surface area (Å²) in [5.41, 5.74) is 1.39. The molecule has 9 atom stereocenters. The molecule has 0 aliphatic carbocycles. The Balaban J connectivity index is 1.88. The zero-order valence-corrected chi connectivity index (χ0v) is 41.5. The van der Waals surface area contributed by atoms with Crippen molar-refractivity contribution >= 4 is 47.6 Å². The average Bonchev–Trinajstić information content (AvgIpc) is 3.32. The van der Waals surface area contributed by atoms with E-state index >= 15 is 0 Å². The van der Waals surface area contributed by atoms with Crippen molar-refractivity contribution in [2.75, 3.05) is 27.7 Å². The fourth-order valence-electron chi connectivity index (χ4n) is 8.13. The van der Waals surface area contributed by atoms with Gasteiger partial charge < -0.3 is 44.1 Å². The summed E-state index contributed by atoms with van der Waals surface area (Å²) in [7, 11) is 4.46. The van der Waals surface area contributed by atoms with E-state index in [1.165, 1.54) is 37.7 Å². The molecule has 0 bridgehead atoms. The highest BCUT2D eigenvalue weighted by Gasteiger charge is 2.43. The summed E-state index contributed by atoms with van der Waals surface area (Å²) in [6, 6.07) is 13.7. The molecule has 3 rings (SSSR count). The van der Waals surface area contributed by atoms with Gasteiger partial charge in [0, 0.05) is 33.5 Å². The maximum absolute atomic E-state index is 14.4. The van der Waals surface area contributed by atoms with Gasteiger partial charge in [-0.15, -0.1) is 0 Å². The number of unbranched alkanes of at least 4 members (excludes halogenated alkanes) is 1. The van der Waals surface area contributed by atoms with Crippen molar-refractivity contribution in [1.29, 1.82) is 0 Å². The highest BCUT2D eigenvalue weighted by Crippen LogP contribution is 2.25. The minimum absolute atomic E-state index is 0.0459. The Kier molecular flexibility index (Phi) is 23.1. The van der Waals surface area contributed by atoms with E-state index in [2.05, 4.69) is 5.32 Å². The number of benzene rings is 2. The van der Waals surface area contributed by atoms with E-state index in [9.17, 15) is 43.5 Å². The number of carbonyl (C=O) groups is 8. The van der Waals surface area contributed by atoms with E-state index in [1.54, 1.807) is 56.4 Å². The lowest BCUT2D eigenvalue weighted by Crippen LogP contribution is -2.55. The standard InChI is InChI=1S/C51H74N4O13/c1-11-13-26-38(52-8)48(61)67-41(30-36-22-16-14-17-23-36)45(57)54(10)43(33(5)12-2)51(64)65-34(6)44(56)53(9)40(29-32(3)4)50(63)68-42(31-37-24-18-15-19-25-37)46(58)55-28-21-20-27-39(55)49(62)66-35(7)47(59)60/h14-19,22-25,32-35,38-43,52H,11-13,20-21,26-31H2,1-10H3,(H,59,60)/t33-,34+,35+,38-,39-,40-,41+,42+,43-/m0/s1. The van der Waals surface area contributed by atoms with E-state index < -0.39 is 102 Å². The number of nitrogens with zero attached hydrogens (tertiary/aromatic N) is 3. The van der Waals surface area contributed by atoms with Gasteiger partial charge in [0.25, 0.3) is 17.7 Å². The number of hydrogen-bond donors (Lipinski definition) is 2. The first-order chi connectivity index (χ1) is 32.2. The zero-order chi connectivity index (χ0) is 50.7. The normalized spacial score (nSPS) is 17.2. The topological polar surface area (TPSA) is 215 Å². The van der Waals surface area contributed by atoms with Crippen LogP contribution in [0.2, 0.25) is 0 Å². The van der Waals surface area contributed by atoms with Crippen LogP contribution in [0.15, 0.2) is 60.7 Å². The lowest BCUT2D eigenvalue weighted by molar-refractivity contribution is -0.176. The van der Waals surface area contributed by atoms with Crippen LogP contribution in [0, 0.1) is 11.8 Å². The van der Waals surface area contributed by atoms with Gasteiger partial charge in [-0.2, -0.15) is 0 Å². The van der Waals surface area contributed by atoms with E-state index in [-0.39, 0.29) is 38.1 Å². The number of carbonyl (C=O) groups excluding carboxylic acids is 7. The van der Waals surface area contributed by atoms with Crippen LogP contribution in [0.3, 0.4) is 0 Å². The van der Waals surface area contributed by atoms with Crippen LogP contribution in [-0.4, -0.2) is 144 Å². The summed E-state index contributed by atoms with van der Waals surface area (Å²) in [5.74, 6) is -7.31. The molecule has 376 valence electrons. The van der Waals surface area contributed by atoms with Gasteiger partial charge in [-0.3, -0.25) is 19.2 Å². The number of carboxylic acids is 1. The first-order valence-corrected chi connectivity index (χ1v) is 23.9. The van der Waals surface area contributed by atoms with E-state index in [1.807, 2.05) is 45.9 Å². The molecule has 1 saturated heterocycles. The summed E-state index contributed by atoms with van der Waals surface area (Å²) < 4.78 is 22.9. The molecule has 17 heteroatoms. The minimum atomic E-state index is -1.45. The van der Waals surface area contributed by atoms with Crippen LogP contribution in [-0.2, 0) is 70.1 Å². The van der Waals surface area contributed by atoms with Crippen LogP contribution in [0.5, 0.6) is 0 Å². The van der Waals surface area contributed by atoms with Crippen molar-refractivity contribution in [3.63, 3.8) is 0 Å². The molecule has 0 spiro atoms. The number of ether oxygens (including phenoxy) is 4. The third-order valence-corrected chi connectivity index (χ3v) is 12.4. The summed E-state index contributed by atoms with van der Waals surface area (Å²) in [4.78, 5) is 113. The van der Waals surface area contributed by atoms with Crippen LogP contribution >= 0.6 is 0 Å². The molecule has 1 fully saturated rings. The van der Waals surface area contributed by atoms with Crippen LogP contribution in [0.4, 0.5) is 0 Å². The molecular formula is C51H74N4O13. The molecule has 0 radical (unpaired) electrons. The van der Waals surface area contributed by atoms with Crippen LogP contribution < -0.4 is 5.32 Å². The highest BCUT2D eigenvalue weighted by molar-refractivity contribution is 5.93. The smallest absolute Gasteiger partial charge is 0.344 e. The molecule has 2 aromatic rings. The summed E-state index contributed by atoms with van der Waals surface area (Å²) in [5, 5.41) is 12.3. The van der Waals surface area contributed by atoms with Crippen molar-refractivity contribution in [3.05, 3.63) is 71.8 Å². The maximum Gasteiger partial charge on any atom is 0.344 e. The van der Waals surface area contributed by atoms with E-state index in [0.29, 0.717) is 31.2 Å². The third-order valence-electron chi connectivity index (χ3n) is 12.4. The van der Waals surface area contributed by atoms with Gasteiger partial charge in [0.15, 0.2) is 24.4 Å². The van der Waals surface area contributed by atoms with Gasteiger partial charge in [-0.25, -0.2) is 19.2 Å². The number of likely N-dealkylation sites (tertiary alicyclic amines) is 1. The number of amides is 3. The van der Waals surface area contributed by atoms with Crippen molar-refractivity contribution in [1.82, 2.24) is 20.0 Å². The fourth-order valence-corrected chi connectivity index (χ4v) is 8.13. The Morgan fingerprint density at radius 2 is 1.29 bits per heavy atom. The second-order valence-corrected chi connectivity index (χ2v) is 18.1. The highest BCUT2D eigenvalue weighted by atomic mass is 16.6. The Hall–Kier alpha value is -5.84. The Bertz CT molecular complexity index is 1980. The van der Waals surface area contributed by atoms with Gasteiger partial charge in [0.05, 0.1) is 0 Å². The van der Waals surface area contributed by atoms with E-state index in [4.69, 9.17) is 18.9 Å². The molecule has 68 heavy (non-hydrogen) atoms. The monoisotopic (exact) mass is 951 g/mol. The Morgan fingerprint density at radius 1 is 0.721 bits per heavy atom. The second-order valence-electron chi connectivity index (χ2n) is 18.1. The number of rotatable bonds is 26.